The number of hydrogen-bond acceptors (Lipinski definition) is 7. The Bertz CT molecular complexity index is 1510. The summed E-state index contributed by atoms with van der Waals surface area (Å²) in [6.45, 7) is 6.93. The molecule has 8 nitrogen and oxygen atoms in total. The predicted octanol–water partition coefficient (Wildman–Crippen LogP) is 5.18. The van der Waals surface area contributed by atoms with Gasteiger partial charge in [-0.05, 0) is 61.4 Å². The third-order valence-corrected chi connectivity index (χ3v) is 6.61. The van der Waals surface area contributed by atoms with Crippen LogP contribution in [0.25, 0.3) is 22.0 Å². The Morgan fingerprint density at radius 1 is 1.16 bits per heavy atom. The standard InChI is InChI=1S/C29H27N5O3/c1-18-13-22(19(2)32-25-6-4-3-5-21(25)29(35)36)24-15-23(27(16-30)33-26(24)14-18)20-7-8-28(31-17-20)34-9-11-37-12-10-34/h3-8,13-15,17,19,32H,9-12H2,1-2H3,(H,35,36). The number of para-hydroxylation sites is 1. The number of aromatic nitrogens is 2. The van der Waals surface area contributed by atoms with Crippen molar-refractivity contribution < 1.29 is 14.6 Å². The Kier molecular flexibility index (Phi) is 6.71. The first kappa shape index (κ1) is 24.2. The average Bonchev–Trinajstić information content (AvgIpc) is 2.92. The number of rotatable bonds is 6. The molecule has 0 saturated carbocycles. The van der Waals surface area contributed by atoms with Gasteiger partial charge in [-0.3, -0.25) is 0 Å². The van der Waals surface area contributed by atoms with Gasteiger partial charge in [-0.1, -0.05) is 18.2 Å². The van der Waals surface area contributed by atoms with Gasteiger partial charge in [-0.15, -0.1) is 0 Å². The van der Waals surface area contributed by atoms with E-state index in [0.29, 0.717) is 35.7 Å². The van der Waals surface area contributed by atoms with Gasteiger partial charge in [0, 0.05) is 47.5 Å². The minimum Gasteiger partial charge on any atom is -0.478 e. The highest BCUT2D eigenvalue weighted by molar-refractivity contribution is 5.94. The number of anilines is 2. The third kappa shape index (κ3) is 4.95. The van der Waals surface area contributed by atoms with Crippen LogP contribution in [0.5, 0.6) is 0 Å². The van der Waals surface area contributed by atoms with E-state index >= 15 is 0 Å². The van der Waals surface area contributed by atoms with E-state index in [1.54, 1.807) is 24.4 Å². The molecule has 0 aliphatic carbocycles. The molecular formula is C29H27N5O3. The first-order valence-corrected chi connectivity index (χ1v) is 12.2. The molecule has 2 aromatic carbocycles. The third-order valence-electron chi connectivity index (χ3n) is 6.61. The number of carbonyl (C=O) groups is 1. The molecule has 0 spiro atoms. The second kappa shape index (κ2) is 10.2. The van der Waals surface area contributed by atoms with Gasteiger partial charge in [0.15, 0.2) is 0 Å². The molecule has 0 bridgehead atoms. The van der Waals surface area contributed by atoms with Crippen LogP contribution in [-0.4, -0.2) is 47.3 Å². The van der Waals surface area contributed by atoms with Gasteiger partial charge >= 0.3 is 5.97 Å². The van der Waals surface area contributed by atoms with Crippen molar-refractivity contribution in [3.05, 3.63) is 83.2 Å². The number of carboxylic acid groups (broad SMARTS) is 1. The van der Waals surface area contributed by atoms with Crippen molar-refractivity contribution in [3.63, 3.8) is 0 Å². The van der Waals surface area contributed by atoms with Crippen molar-refractivity contribution in [3.8, 4) is 17.2 Å². The van der Waals surface area contributed by atoms with E-state index in [1.807, 2.05) is 44.2 Å². The molecule has 4 aromatic rings. The van der Waals surface area contributed by atoms with Gasteiger partial charge in [0.25, 0.3) is 0 Å². The summed E-state index contributed by atoms with van der Waals surface area (Å²) < 4.78 is 5.43. The number of hydrogen-bond donors (Lipinski definition) is 2. The highest BCUT2D eigenvalue weighted by atomic mass is 16.5. The molecule has 1 aliphatic heterocycles. The van der Waals surface area contributed by atoms with Gasteiger partial charge in [0.05, 0.1) is 24.3 Å². The van der Waals surface area contributed by atoms with Crippen LogP contribution in [0.2, 0.25) is 0 Å². The molecule has 1 unspecified atom stereocenters. The number of ether oxygens (including phenoxy) is 1. The maximum Gasteiger partial charge on any atom is 0.337 e. The van der Waals surface area contributed by atoms with Crippen LogP contribution < -0.4 is 10.2 Å². The first-order valence-electron chi connectivity index (χ1n) is 12.2. The highest BCUT2D eigenvalue weighted by Gasteiger charge is 2.18. The van der Waals surface area contributed by atoms with Crippen molar-refractivity contribution in [1.82, 2.24) is 9.97 Å². The average molecular weight is 494 g/mol. The quantitative estimate of drug-likeness (QED) is 0.378. The molecule has 0 amide bonds. The van der Waals surface area contributed by atoms with Crippen LogP contribution in [0.15, 0.2) is 60.8 Å². The maximum absolute atomic E-state index is 11.7. The Balaban J connectivity index is 1.55. The number of nitrogens with one attached hydrogen (secondary N) is 1. The van der Waals surface area contributed by atoms with E-state index in [2.05, 4.69) is 27.3 Å². The van der Waals surface area contributed by atoms with Crippen molar-refractivity contribution >= 4 is 28.4 Å². The number of morpholine rings is 1. The number of carboxylic acids is 1. The molecule has 2 N–H and O–H groups in total. The maximum atomic E-state index is 11.7. The largest absolute Gasteiger partial charge is 0.478 e. The van der Waals surface area contributed by atoms with Crippen LogP contribution >= 0.6 is 0 Å². The number of aryl methyl sites for hydroxylation is 1. The number of benzene rings is 2. The van der Waals surface area contributed by atoms with Crippen LogP contribution in [0.1, 0.15) is 40.1 Å². The summed E-state index contributed by atoms with van der Waals surface area (Å²) in [6.07, 6.45) is 1.78. The molecule has 1 fully saturated rings. The lowest BCUT2D eigenvalue weighted by Crippen LogP contribution is -2.36. The molecule has 3 heterocycles. The monoisotopic (exact) mass is 493 g/mol. The summed E-state index contributed by atoms with van der Waals surface area (Å²) in [5.41, 5.74) is 5.29. The van der Waals surface area contributed by atoms with E-state index in [1.165, 1.54) is 0 Å². The SMILES string of the molecule is Cc1cc(C(C)Nc2ccccc2C(=O)O)c2cc(-c3ccc(N4CCOCC4)nc3)c(C#N)nc2c1. The summed E-state index contributed by atoms with van der Waals surface area (Å²) in [7, 11) is 0. The van der Waals surface area contributed by atoms with E-state index in [4.69, 9.17) is 9.72 Å². The van der Waals surface area contributed by atoms with Gasteiger partial charge in [-0.2, -0.15) is 5.26 Å². The topological polar surface area (TPSA) is 111 Å². The zero-order valence-corrected chi connectivity index (χ0v) is 20.7. The van der Waals surface area contributed by atoms with Crippen LogP contribution in [-0.2, 0) is 4.74 Å². The summed E-state index contributed by atoms with van der Waals surface area (Å²) in [6, 6.07) is 18.8. The van der Waals surface area contributed by atoms with E-state index in [9.17, 15) is 15.2 Å². The van der Waals surface area contributed by atoms with Crippen LogP contribution in [0.3, 0.4) is 0 Å². The minimum absolute atomic E-state index is 0.211. The second-order valence-electron chi connectivity index (χ2n) is 9.14. The molecule has 5 rings (SSSR count). The normalized spacial score (nSPS) is 14.2. The minimum atomic E-state index is -0.986. The molecule has 8 heteroatoms. The number of nitriles is 1. The zero-order valence-electron chi connectivity index (χ0n) is 20.7. The molecule has 0 radical (unpaired) electrons. The van der Waals surface area contributed by atoms with Crippen molar-refractivity contribution in [1.29, 1.82) is 5.26 Å². The molecule has 186 valence electrons. The highest BCUT2D eigenvalue weighted by Crippen LogP contribution is 2.33. The zero-order chi connectivity index (χ0) is 25.9. The van der Waals surface area contributed by atoms with Gasteiger partial charge in [0.1, 0.15) is 17.6 Å². The summed E-state index contributed by atoms with van der Waals surface area (Å²) in [5.74, 6) is -0.106. The van der Waals surface area contributed by atoms with Crippen molar-refractivity contribution in [2.24, 2.45) is 0 Å². The van der Waals surface area contributed by atoms with Crippen LogP contribution in [0, 0.1) is 18.3 Å². The molecule has 1 atom stereocenters. The summed E-state index contributed by atoms with van der Waals surface area (Å²) >= 11 is 0. The fraction of sp³-hybridized carbons (Fsp3) is 0.241. The Hall–Kier alpha value is -4.48. The molecule has 1 aliphatic rings. The Morgan fingerprint density at radius 2 is 1.95 bits per heavy atom. The Morgan fingerprint density at radius 3 is 2.65 bits per heavy atom. The van der Waals surface area contributed by atoms with Crippen LogP contribution in [0.4, 0.5) is 11.5 Å². The van der Waals surface area contributed by atoms with E-state index in [-0.39, 0.29) is 11.6 Å². The van der Waals surface area contributed by atoms with E-state index in [0.717, 1.165) is 41.0 Å². The van der Waals surface area contributed by atoms with Gasteiger partial charge in [0.2, 0.25) is 0 Å². The van der Waals surface area contributed by atoms with E-state index < -0.39 is 5.97 Å². The predicted molar refractivity (Wildman–Crippen MR) is 143 cm³/mol. The number of aromatic carboxylic acids is 1. The molecule has 1 saturated heterocycles. The summed E-state index contributed by atoms with van der Waals surface area (Å²) in [5, 5.41) is 23.7. The smallest absolute Gasteiger partial charge is 0.337 e. The molecule has 2 aromatic heterocycles. The first-order chi connectivity index (χ1) is 17.9. The number of pyridine rings is 2. The fourth-order valence-electron chi connectivity index (χ4n) is 4.74. The van der Waals surface area contributed by atoms with Crippen molar-refractivity contribution in [2.45, 2.75) is 19.9 Å². The van der Waals surface area contributed by atoms with Gasteiger partial charge in [-0.25, -0.2) is 14.8 Å². The number of nitrogens with zero attached hydrogens (tertiary/aromatic N) is 4. The van der Waals surface area contributed by atoms with Crippen molar-refractivity contribution in [2.75, 3.05) is 36.5 Å². The fourth-order valence-corrected chi connectivity index (χ4v) is 4.74. The van der Waals surface area contributed by atoms with Gasteiger partial charge < -0.3 is 20.1 Å². The lowest BCUT2D eigenvalue weighted by Gasteiger charge is -2.27. The molecular weight excluding hydrogens is 466 g/mol. The summed E-state index contributed by atoms with van der Waals surface area (Å²) in [4.78, 5) is 23.2. The number of fused-ring (bicyclic) bond motifs is 1. The molecule has 37 heavy (non-hydrogen) atoms. The lowest BCUT2D eigenvalue weighted by atomic mass is 9.95. The lowest BCUT2D eigenvalue weighted by molar-refractivity contribution is 0.0698. The Labute approximate surface area is 215 Å². The second-order valence-corrected chi connectivity index (χ2v) is 9.14.